The van der Waals surface area contributed by atoms with Gasteiger partial charge in [0.25, 0.3) is 5.69 Å². The molecule has 0 atom stereocenters. The molecule has 0 aliphatic heterocycles. The summed E-state index contributed by atoms with van der Waals surface area (Å²) in [6.07, 6.45) is 1.59. The fourth-order valence-electron chi connectivity index (χ4n) is 2.25. The largest absolute Gasteiger partial charge is 0.459 e. The van der Waals surface area contributed by atoms with Crippen LogP contribution in [0, 0.1) is 17.0 Å². The summed E-state index contributed by atoms with van der Waals surface area (Å²) in [6.45, 7) is 3.14. The lowest BCUT2D eigenvalue weighted by molar-refractivity contribution is -0.384. The first-order valence-electron chi connectivity index (χ1n) is 7.41. The molecule has 3 rings (SSSR count). The van der Waals surface area contributed by atoms with E-state index in [2.05, 4.69) is 15.4 Å². The van der Waals surface area contributed by atoms with Crippen molar-refractivity contribution in [1.82, 2.24) is 24.8 Å². The molecule has 0 N–H and O–H groups in total. The number of carbonyl (C=O) groups is 1. The second kappa shape index (κ2) is 6.92. The zero-order chi connectivity index (χ0) is 18.8. The van der Waals surface area contributed by atoms with E-state index in [0.717, 1.165) is 5.69 Å². The average Bonchev–Trinajstić information content (AvgIpc) is 3.19. The first-order chi connectivity index (χ1) is 12.3. The van der Waals surface area contributed by atoms with Crippen LogP contribution in [0.25, 0.3) is 11.5 Å². The van der Waals surface area contributed by atoms with E-state index in [0.29, 0.717) is 17.2 Å². The molecule has 0 unspecified atom stereocenters. The number of carbonyl (C=O) groups excluding carboxylic acids is 1. The molecule has 1 aromatic carbocycles. The zero-order valence-corrected chi connectivity index (χ0v) is 14.5. The summed E-state index contributed by atoms with van der Waals surface area (Å²) in [4.78, 5) is 21.2. The number of aromatic nitrogens is 5. The molecular formula is C15H13ClN6O4. The lowest BCUT2D eigenvalue weighted by atomic mass is 10.3. The van der Waals surface area contributed by atoms with Gasteiger partial charge in [0, 0.05) is 30.8 Å². The molecule has 26 heavy (non-hydrogen) atoms. The van der Waals surface area contributed by atoms with Gasteiger partial charge in [-0.05, 0) is 13.0 Å². The average molecular weight is 377 g/mol. The standard InChI is InChI=1S/C15H13ClN6O4/c1-9-5-15(20-7-11(17-19-20)8-26-10(2)23)18-21(9)14-4-3-12(22(24)25)6-13(14)16/h3-7H,8H2,1-2H3. The maximum absolute atomic E-state index is 10.8. The van der Waals surface area contributed by atoms with Crippen LogP contribution < -0.4 is 0 Å². The van der Waals surface area contributed by atoms with Crippen molar-refractivity contribution in [2.24, 2.45) is 0 Å². The first kappa shape index (κ1) is 17.5. The molecule has 2 aromatic heterocycles. The van der Waals surface area contributed by atoms with Gasteiger partial charge in [-0.15, -0.1) is 10.2 Å². The van der Waals surface area contributed by atoms with Crippen LogP contribution in [0.1, 0.15) is 18.3 Å². The quantitative estimate of drug-likeness (QED) is 0.381. The summed E-state index contributed by atoms with van der Waals surface area (Å²) in [5, 5.41) is 23.3. The number of hydrogen-bond donors (Lipinski definition) is 0. The van der Waals surface area contributed by atoms with Gasteiger partial charge in [0.2, 0.25) is 0 Å². The highest BCUT2D eigenvalue weighted by atomic mass is 35.5. The second-order valence-corrected chi connectivity index (χ2v) is 5.79. The van der Waals surface area contributed by atoms with Crippen LogP contribution in [0.2, 0.25) is 5.02 Å². The summed E-state index contributed by atoms with van der Waals surface area (Å²) >= 11 is 6.16. The smallest absolute Gasteiger partial charge is 0.303 e. The lowest BCUT2D eigenvalue weighted by Gasteiger charge is -2.06. The topological polar surface area (TPSA) is 118 Å². The fraction of sp³-hybridized carbons (Fsp3) is 0.200. The van der Waals surface area contributed by atoms with Crippen LogP contribution >= 0.6 is 11.6 Å². The molecule has 134 valence electrons. The van der Waals surface area contributed by atoms with E-state index in [1.807, 2.05) is 6.92 Å². The zero-order valence-electron chi connectivity index (χ0n) is 13.8. The van der Waals surface area contributed by atoms with Crippen molar-refractivity contribution >= 4 is 23.3 Å². The SMILES string of the molecule is CC(=O)OCc1cn(-c2cc(C)n(-c3ccc([N+](=O)[O-])cc3Cl)n2)nn1. The van der Waals surface area contributed by atoms with Crippen LogP contribution in [0.5, 0.6) is 0 Å². The van der Waals surface area contributed by atoms with E-state index in [-0.39, 0.29) is 17.3 Å². The van der Waals surface area contributed by atoms with Gasteiger partial charge in [0.05, 0.1) is 21.8 Å². The van der Waals surface area contributed by atoms with Crippen molar-refractivity contribution < 1.29 is 14.5 Å². The summed E-state index contributed by atoms with van der Waals surface area (Å²) < 4.78 is 7.85. The molecule has 2 heterocycles. The van der Waals surface area contributed by atoms with E-state index in [4.69, 9.17) is 16.3 Å². The maximum Gasteiger partial charge on any atom is 0.303 e. The molecular weight excluding hydrogens is 364 g/mol. The number of rotatable bonds is 5. The molecule has 0 fully saturated rings. The minimum absolute atomic E-state index is 0.0171. The number of hydrogen-bond acceptors (Lipinski definition) is 7. The van der Waals surface area contributed by atoms with Crippen molar-refractivity contribution in [3.63, 3.8) is 0 Å². The van der Waals surface area contributed by atoms with Gasteiger partial charge in [-0.2, -0.15) is 0 Å². The minimum atomic E-state index is -0.517. The number of nitro benzene ring substituents is 1. The van der Waals surface area contributed by atoms with Gasteiger partial charge in [-0.25, -0.2) is 9.36 Å². The Hall–Kier alpha value is -3.27. The van der Waals surface area contributed by atoms with E-state index in [1.54, 1.807) is 16.9 Å². The van der Waals surface area contributed by atoms with Gasteiger partial charge in [-0.1, -0.05) is 16.8 Å². The highest BCUT2D eigenvalue weighted by Gasteiger charge is 2.15. The molecule has 0 spiro atoms. The van der Waals surface area contributed by atoms with Crippen molar-refractivity contribution in [1.29, 1.82) is 0 Å². The highest BCUT2D eigenvalue weighted by molar-refractivity contribution is 6.32. The van der Waals surface area contributed by atoms with Gasteiger partial charge < -0.3 is 4.74 Å². The van der Waals surface area contributed by atoms with Crippen molar-refractivity contribution in [3.8, 4) is 11.5 Å². The molecule has 0 bridgehead atoms. The third-order valence-corrected chi connectivity index (χ3v) is 3.75. The Kier molecular flexibility index (Phi) is 4.67. The van der Waals surface area contributed by atoms with Crippen LogP contribution in [-0.4, -0.2) is 35.7 Å². The molecule has 11 heteroatoms. The maximum atomic E-state index is 10.8. The van der Waals surface area contributed by atoms with Crippen molar-refractivity contribution in [2.75, 3.05) is 0 Å². The molecule has 0 saturated heterocycles. The molecule has 10 nitrogen and oxygen atoms in total. The number of ether oxygens (including phenoxy) is 1. The predicted octanol–water partition coefficient (Wildman–Crippen LogP) is 2.39. The molecule has 0 amide bonds. The Balaban J connectivity index is 1.90. The summed E-state index contributed by atoms with van der Waals surface area (Å²) in [5.41, 5.74) is 1.62. The molecule has 3 aromatic rings. The van der Waals surface area contributed by atoms with E-state index in [9.17, 15) is 14.9 Å². The van der Waals surface area contributed by atoms with E-state index in [1.165, 1.54) is 29.8 Å². The third-order valence-electron chi connectivity index (χ3n) is 3.44. The lowest BCUT2D eigenvalue weighted by Crippen LogP contribution is -2.02. The van der Waals surface area contributed by atoms with Crippen LogP contribution in [0.4, 0.5) is 5.69 Å². The Morgan fingerprint density at radius 2 is 2.15 bits per heavy atom. The second-order valence-electron chi connectivity index (χ2n) is 5.38. The highest BCUT2D eigenvalue weighted by Crippen LogP contribution is 2.26. The van der Waals surface area contributed by atoms with Gasteiger partial charge >= 0.3 is 5.97 Å². The van der Waals surface area contributed by atoms with Gasteiger partial charge in [-0.3, -0.25) is 14.9 Å². The van der Waals surface area contributed by atoms with Crippen molar-refractivity contribution in [3.05, 3.63) is 57.0 Å². The van der Waals surface area contributed by atoms with Crippen LogP contribution in [-0.2, 0) is 16.1 Å². The predicted molar refractivity (Wildman–Crippen MR) is 90.4 cm³/mol. The molecule has 0 aliphatic carbocycles. The molecule has 0 radical (unpaired) electrons. The van der Waals surface area contributed by atoms with E-state index >= 15 is 0 Å². The normalized spacial score (nSPS) is 10.7. The summed E-state index contributed by atoms with van der Waals surface area (Å²) in [7, 11) is 0. The van der Waals surface area contributed by atoms with Crippen LogP contribution in [0.3, 0.4) is 0 Å². The first-order valence-corrected chi connectivity index (χ1v) is 7.79. The Morgan fingerprint density at radius 1 is 1.38 bits per heavy atom. The molecule has 0 saturated carbocycles. The number of non-ortho nitro benzene ring substituents is 1. The van der Waals surface area contributed by atoms with Crippen molar-refractivity contribution in [2.45, 2.75) is 20.5 Å². The third kappa shape index (κ3) is 3.54. The van der Waals surface area contributed by atoms with Crippen LogP contribution in [0.15, 0.2) is 30.5 Å². The minimum Gasteiger partial charge on any atom is -0.459 e. The number of benzene rings is 1. The molecule has 0 aliphatic rings. The Labute approximate surface area is 152 Å². The monoisotopic (exact) mass is 376 g/mol. The Bertz CT molecular complexity index is 996. The van der Waals surface area contributed by atoms with Gasteiger partial charge in [0.15, 0.2) is 5.82 Å². The number of esters is 1. The van der Waals surface area contributed by atoms with Gasteiger partial charge in [0.1, 0.15) is 12.3 Å². The summed E-state index contributed by atoms with van der Waals surface area (Å²) in [5.74, 6) is 0.0611. The number of aryl methyl sites for hydroxylation is 1. The Morgan fingerprint density at radius 3 is 2.81 bits per heavy atom. The number of halogens is 1. The number of nitrogens with zero attached hydrogens (tertiary/aromatic N) is 6. The summed E-state index contributed by atoms with van der Waals surface area (Å²) in [6, 6.07) is 5.90. The number of nitro groups is 1. The fourth-order valence-corrected chi connectivity index (χ4v) is 2.50. The van der Waals surface area contributed by atoms with E-state index < -0.39 is 10.9 Å².